The topological polar surface area (TPSA) is 69.4 Å². The molecule has 0 aliphatic heterocycles. The molecule has 0 aromatic heterocycles. The predicted molar refractivity (Wildman–Crippen MR) is 44.2 cm³/mol. The standard InChI is InChI=1S/C6H15NO3S/c1-3-10-4-6(7)5-11(2,8)9/h6H,3-5,7H2,1-2H3. The summed E-state index contributed by atoms with van der Waals surface area (Å²) < 4.78 is 26.3. The Balaban J connectivity index is 3.61. The second kappa shape index (κ2) is 4.69. The average molecular weight is 181 g/mol. The molecule has 68 valence electrons. The minimum atomic E-state index is -2.96. The molecular formula is C6H15NO3S. The highest BCUT2D eigenvalue weighted by Crippen LogP contribution is 1.88. The van der Waals surface area contributed by atoms with Crippen molar-refractivity contribution in [3.63, 3.8) is 0 Å². The summed E-state index contributed by atoms with van der Waals surface area (Å²) in [5, 5.41) is 0. The minimum absolute atomic E-state index is 0.00694. The van der Waals surface area contributed by atoms with Crippen LogP contribution >= 0.6 is 0 Å². The zero-order valence-corrected chi connectivity index (χ0v) is 7.73. The average Bonchev–Trinajstić information content (AvgIpc) is 1.79. The molecule has 0 aliphatic carbocycles. The molecule has 5 heteroatoms. The Bertz CT molecular complexity index is 188. The number of ether oxygens (including phenoxy) is 1. The Morgan fingerprint density at radius 3 is 2.45 bits per heavy atom. The van der Waals surface area contributed by atoms with E-state index in [1.807, 2.05) is 6.92 Å². The van der Waals surface area contributed by atoms with Gasteiger partial charge in [0, 0.05) is 18.9 Å². The van der Waals surface area contributed by atoms with Crippen molar-refractivity contribution < 1.29 is 13.2 Å². The van der Waals surface area contributed by atoms with Crippen LogP contribution in [0.1, 0.15) is 6.92 Å². The smallest absolute Gasteiger partial charge is 0.149 e. The van der Waals surface area contributed by atoms with E-state index in [9.17, 15) is 8.42 Å². The summed E-state index contributed by atoms with van der Waals surface area (Å²) in [7, 11) is -2.96. The van der Waals surface area contributed by atoms with Gasteiger partial charge in [-0.1, -0.05) is 0 Å². The van der Waals surface area contributed by atoms with E-state index in [1.54, 1.807) is 0 Å². The highest BCUT2D eigenvalue weighted by atomic mass is 32.2. The summed E-state index contributed by atoms with van der Waals surface area (Å²) in [5.41, 5.74) is 5.44. The third-order valence-electron chi connectivity index (χ3n) is 1.05. The van der Waals surface area contributed by atoms with Gasteiger partial charge in [0.15, 0.2) is 0 Å². The van der Waals surface area contributed by atoms with Gasteiger partial charge in [0.2, 0.25) is 0 Å². The monoisotopic (exact) mass is 181 g/mol. The first-order chi connectivity index (χ1) is 4.95. The largest absolute Gasteiger partial charge is 0.380 e. The molecule has 0 aliphatic rings. The van der Waals surface area contributed by atoms with Crippen molar-refractivity contribution in [1.29, 1.82) is 0 Å². The van der Waals surface area contributed by atoms with Crippen LogP contribution in [-0.4, -0.2) is 39.7 Å². The second-order valence-electron chi connectivity index (χ2n) is 2.51. The Morgan fingerprint density at radius 1 is 1.55 bits per heavy atom. The fraction of sp³-hybridized carbons (Fsp3) is 1.00. The van der Waals surface area contributed by atoms with Gasteiger partial charge in [-0.2, -0.15) is 0 Å². The van der Waals surface area contributed by atoms with E-state index in [0.717, 1.165) is 0 Å². The maximum atomic E-state index is 10.7. The fourth-order valence-electron chi connectivity index (χ4n) is 0.706. The first kappa shape index (κ1) is 10.9. The van der Waals surface area contributed by atoms with Gasteiger partial charge >= 0.3 is 0 Å². The molecule has 11 heavy (non-hydrogen) atoms. The molecule has 0 fully saturated rings. The van der Waals surface area contributed by atoms with Crippen molar-refractivity contribution in [3.05, 3.63) is 0 Å². The van der Waals surface area contributed by atoms with Crippen LogP contribution in [0.4, 0.5) is 0 Å². The third-order valence-corrected chi connectivity index (χ3v) is 2.09. The van der Waals surface area contributed by atoms with Crippen LogP contribution < -0.4 is 5.73 Å². The summed E-state index contributed by atoms with van der Waals surface area (Å²) in [6, 6.07) is -0.398. The quantitative estimate of drug-likeness (QED) is 0.614. The molecule has 0 bridgehead atoms. The lowest BCUT2D eigenvalue weighted by Gasteiger charge is -2.08. The van der Waals surface area contributed by atoms with E-state index in [0.29, 0.717) is 13.2 Å². The van der Waals surface area contributed by atoms with Gasteiger partial charge in [-0.15, -0.1) is 0 Å². The van der Waals surface area contributed by atoms with Gasteiger partial charge < -0.3 is 10.5 Å². The molecule has 1 atom stereocenters. The van der Waals surface area contributed by atoms with E-state index in [1.165, 1.54) is 6.26 Å². The maximum absolute atomic E-state index is 10.7. The van der Waals surface area contributed by atoms with Gasteiger partial charge in [-0.25, -0.2) is 8.42 Å². The van der Waals surface area contributed by atoms with E-state index in [4.69, 9.17) is 10.5 Å². The summed E-state index contributed by atoms with van der Waals surface area (Å²) in [6.45, 7) is 2.72. The predicted octanol–water partition coefficient (Wildman–Crippen LogP) is -0.605. The molecule has 0 saturated heterocycles. The molecule has 0 heterocycles. The van der Waals surface area contributed by atoms with Gasteiger partial charge in [-0.05, 0) is 6.92 Å². The van der Waals surface area contributed by atoms with Crippen LogP contribution in [-0.2, 0) is 14.6 Å². The number of hydrogen-bond donors (Lipinski definition) is 1. The van der Waals surface area contributed by atoms with Crippen molar-refractivity contribution in [3.8, 4) is 0 Å². The van der Waals surface area contributed by atoms with E-state index in [-0.39, 0.29) is 5.75 Å². The summed E-state index contributed by atoms with van der Waals surface area (Å²) in [4.78, 5) is 0. The lowest BCUT2D eigenvalue weighted by atomic mass is 10.4. The summed E-state index contributed by atoms with van der Waals surface area (Å²) in [6.07, 6.45) is 1.17. The van der Waals surface area contributed by atoms with Crippen LogP contribution in [0.25, 0.3) is 0 Å². The molecule has 4 nitrogen and oxygen atoms in total. The Labute approximate surface area is 67.6 Å². The van der Waals surface area contributed by atoms with Crippen molar-refractivity contribution in [1.82, 2.24) is 0 Å². The summed E-state index contributed by atoms with van der Waals surface area (Å²) >= 11 is 0. The first-order valence-electron chi connectivity index (χ1n) is 3.46. The zero-order valence-electron chi connectivity index (χ0n) is 6.91. The van der Waals surface area contributed by atoms with E-state index < -0.39 is 15.9 Å². The molecule has 0 radical (unpaired) electrons. The van der Waals surface area contributed by atoms with Gasteiger partial charge in [-0.3, -0.25) is 0 Å². The van der Waals surface area contributed by atoms with Gasteiger partial charge in [0.25, 0.3) is 0 Å². The van der Waals surface area contributed by atoms with Crippen LogP contribution in [0.15, 0.2) is 0 Å². The number of sulfone groups is 1. The van der Waals surface area contributed by atoms with Crippen molar-refractivity contribution in [2.45, 2.75) is 13.0 Å². The Morgan fingerprint density at radius 2 is 2.09 bits per heavy atom. The van der Waals surface area contributed by atoms with E-state index in [2.05, 4.69) is 0 Å². The van der Waals surface area contributed by atoms with Crippen LogP contribution in [0, 0.1) is 0 Å². The molecule has 0 saturated carbocycles. The second-order valence-corrected chi connectivity index (χ2v) is 4.70. The van der Waals surface area contributed by atoms with Crippen LogP contribution in [0.5, 0.6) is 0 Å². The lowest BCUT2D eigenvalue weighted by molar-refractivity contribution is 0.138. The molecular weight excluding hydrogens is 166 g/mol. The number of rotatable bonds is 5. The highest BCUT2D eigenvalue weighted by Gasteiger charge is 2.09. The SMILES string of the molecule is CCOCC(N)CS(C)(=O)=O. The minimum Gasteiger partial charge on any atom is -0.380 e. The molecule has 0 aromatic carbocycles. The Hall–Kier alpha value is -0.130. The molecule has 2 N–H and O–H groups in total. The molecule has 0 rings (SSSR count). The lowest BCUT2D eigenvalue weighted by Crippen LogP contribution is -2.33. The zero-order chi connectivity index (χ0) is 8.91. The van der Waals surface area contributed by atoms with Crippen molar-refractivity contribution >= 4 is 9.84 Å². The van der Waals surface area contributed by atoms with Gasteiger partial charge in [0.05, 0.1) is 12.4 Å². The van der Waals surface area contributed by atoms with Crippen LogP contribution in [0.2, 0.25) is 0 Å². The molecule has 0 aromatic rings. The normalized spacial score (nSPS) is 14.8. The van der Waals surface area contributed by atoms with E-state index >= 15 is 0 Å². The van der Waals surface area contributed by atoms with Crippen molar-refractivity contribution in [2.24, 2.45) is 5.73 Å². The number of hydrogen-bond acceptors (Lipinski definition) is 4. The Kier molecular flexibility index (Phi) is 4.63. The number of nitrogens with two attached hydrogens (primary N) is 1. The first-order valence-corrected chi connectivity index (χ1v) is 5.53. The van der Waals surface area contributed by atoms with Crippen LogP contribution in [0.3, 0.4) is 0 Å². The summed E-state index contributed by atoms with van der Waals surface area (Å²) in [5.74, 6) is -0.00694. The maximum Gasteiger partial charge on any atom is 0.149 e. The van der Waals surface area contributed by atoms with Crippen molar-refractivity contribution in [2.75, 3.05) is 25.2 Å². The molecule has 1 unspecified atom stereocenters. The molecule has 0 amide bonds. The third kappa shape index (κ3) is 7.77. The molecule has 0 spiro atoms. The fourth-order valence-corrected chi connectivity index (χ4v) is 1.58. The highest BCUT2D eigenvalue weighted by molar-refractivity contribution is 7.90. The van der Waals surface area contributed by atoms with Gasteiger partial charge in [0.1, 0.15) is 9.84 Å².